The third-order valence-corrected chi connectivity index (χ3v) is 7.68. The number of benzene rings is 3. The second-order valence-electron chi connectivity index (χ2n) is 10.4. The van der Waals surface area contributed by atoms with Gasteiger partial charge in [-0.25, -0.2) is 8.42 Å². The molecule has 0 aromatic heterocycles. The van der Waals surface area contributed by atoms with E-state index in [9.17, 15) is 18.0 Å². The topological polar surface area (TPSA) is 105 Å². The Bertz CT molecular complexity index is 1430. The highest BCUT2D eigenvalue weighted by Crippen LogP contribution is 2.30. The van der Waals surface area contributed by atoms with Crippen LogP contribution in [0.15, 0.2) is 78.9 Å². The quantitative estimate of drug-likeness (QED) is 0.281. The van der Waals surface area contributed by atoms with Crippen LogP contribution in [0.5, 0.6) is 11.5 Å². The highest BCUT2D eigenvalue weighted by Gasteiger charge is 2.33. The lowest BCUT2D eigenvalue weighted by Crippen LogP contribution is -2.53. The van der Waals surface area contributed by atoms with Crippen molar-refractivity contribution in [1.82, 2.24) is 10.2 Å². The van der Waals surface area contributed by atoms with Crippen LogP contribution < -0.4 is 19.1 Å². The lowest BCUT2D eigenvalue weighted by atomic mass is 10.0. The number of anilines is 1. The SMILES string of the molecule is CCOc1ccccc1N(CC(=O)N(Cc1cccc(OC)c1)[C@H](Cc1ccccc1)C(=O)NCC(C)C)S(C)(=O)=O. The first kappa shape index (κ1) is 32.5. The van der Waals surface area contributed by atoms with Crippen molar-refractivity contribution in [3.8, 4) is 11.5 Å². The molecule has 0 heterocycles. The Hall–Kier alpha value is -4.05. The molecule has 0 radical (unpaired) electrons. The molecule has 1 atom stereocenters. The number of nitrogens with one attached hydrogen (secondary N) is 1. The van der Waals surface area contributed by atoms with Crippen LogP contribution in [0, 0.1) is 5.92 Å². The fourth-order valence-electron chi connectivity index (χ4n) is 4.48. The number of carbonyl (C=O) groups excluding carboxylic acids is 2. The second kappa shape index (κ2) is 15.3. The first-order chi connectivity index (χ1) is 20.0. The molecule has 0 saturated carbocycles. The Labute approximate surface area is 249 Å². The van der Waals surface area contributed by atoms with E-state index in [2.05, 4.69) is 5.32 Å². The number of sulfonamides is 1. The predicted molar refractivity (Wildman–Crippen MR) is 165 cm³/mol. The van der Waals surface area contributed by atoms with Gasteiger partial charge in [-0.2, -0.15) is 0 Å². The first-order valence-electron chi connectivity index (χ1n) is 14.0. The van der Waals surface area contributed by atoms with E-state index in [0.717, 1.165) is 21.7 Å². The van der Waals surface area contributed by atoms with Crippen molar-refractivity contribution < 1.29 is 27.5 Å². The van der Waals surface area contributed by atoms with Crippen LogP contribution in [0.4, 0.5) is 5.69 Å². The van der Waals surface area contributed by atoms with E-state index in [-0.39, 0.29) is 30.5 Å². The Kier molecular flexibility index (Phi) is 11.8. The van der Waals surface area contributed by atoms with Crippen LogP contribution in [-0.2, 0) is 32.6 Å². The number of ether oxygens (including phenoxy) is 2. The summed E-state index contributed by atoms with van der Waals surface area (Å²) in [5.41, 5.74) is 1.85. The smallest absolute Gasteiger partial charge is 0.244 e. The summed E-state index contributed by atoms with van der Waals surface area (Å²) in [7, 11) is -2.36. The maximum atomic E-state index is 14.2. The van der Waals surface area contributed by atoms with Gasteiger partial charge in [0.2, 0.25) is 21.8 Å². The van der Waals surface area contributed by atoms with Crippen molar-refractivity contribution in [2.24, 2.45) is 5.92 Å². The third kappa shape index (κ3) is 9.24. The second-order valence-corrected chi connectivity index (χ2v) is 12.3. The first-order valence-corrected chi connectivity index (χ1v) is 15.8. The van der Waals surface area contributed by atoms with E-state index < -0.39 is 28.5 Å². The maximum Gasteiger partial charge on any atom is 0.244 e. The van der Waals surface area contributed by atoms with Crippen molar-refractivity contribution in [2.45, 2.75) is 39.8 Å². The summed E-state index contributed by atoms with van der Waals surface area (Å²) in [6.07, 6.45) is 1.29. The zero-order chi connectivity index (χ0) is 30.7. The average Bonchev–Trinajstić information content (AvgIpc) is 2.97. The minimum absolute atomic E-state index is 0.0628. The van der Waals surface area contributed by atoms with E-state index in [4.69, 9.17) is 9.47 Å². The van der Waals surface area contributed by atoms with E-state index in [0.29, 0.717) is 24.7 Å². The summed E-state index contributed by atoms with van der Waals surface area (Å²) in [5.74, 6) is 0.296. The lowest BCUT2D eigenvalue weighted by molar-refractivity contribution is -0.140. The molecule has 3 aromatic rings. The molecule has 0 fully saturated rings. The molecule has 0 aliphatic rings. The van der Waals surface area contributed by atoms with Crippen LogP contribution in [0.1, 0.15) is 31.9 Å². The van der Waals surface area contributed by atoms with Crippen molar-refractivity contribution in [3.63, 3.8) is 0 Å². The normalized spacial score (nSPS) is 12.0. The molecule has 0 bridgehead atoms. The summed E-state index contributed by atoms with van der Waals surface area (Å²) in [4.78, 5) is 29.4. The molecule has 0 aliphatic heterocycles. The molecule has 0 spiro atoms. The van der Waals surface area contributed by atoms with Gasteiger partial charge in [-0.15, -0.1) is 0 Å². The Morgan fingerprint density at radius 1 is 0.929 bits per heavy atom. The standard InChI is InChI=1S/C32H41N3O6S/c1-6-41-30-18-11-10-17-28(30)35(42(5,38)39)23-31(36)34(22-26-15-12-16-27(19-26)40-4)29(32(37)33-21-24(2)3)20-25-13-8-7-9-14-25/h7-19,24,29H,6,20-23H2,1-5H3,(H,33,37)/t29-/m1/s1. The molecular formula is C32H41N3O6S. The Balaban J connectivity index is 2.08. The van der Waals surface area contributed by atoms with E-state index >= 15 is 0 Å². The highest BCUT2D eigenvalue weighted by atomic mass is 32.2. The summed E-state index contributed by atoms with van der Waals surface area (Å²) in [6, 6.07) is 22.5. The van der Waals surface area contributed by atoms with Gasteiger partial charge >= 0.3 is 0 Å². The molecule has 3 aromatic carbocycles. The lowest BCUT2D eigenvalue weighted by Gasteiger charge is -2.34. The van der Waals surface area contributed by atoms with Gasteiger partial charge in [-0.05, 0) is 48.2 Å². The van der Waals surface area contributed by atoms with Gasteiger partial charge in [0.15, 0.2) is 0 Å². The molecule has 226 valence electrons. The number of carbonyl (C=O) groups is 2. The molecule has 1 N–H and O–H groups in total. The minimum atomic E-state index is -3.91. The predicted octanol–water partition coefficient (Wildman–Crippen LogP) is 4.27. The van der Waals surface area contributed by atoms with Gasteiger partial charge < -0.3 is 19.7 Å². The van der Waals surface area contributed by atoms with Gasteiger partial charge in [0, 0.05) is 19.5 Å². The van der Waals surface area contributed by atoms with Crippen molar-refractivity contribution in [3.05, 3.63) is 90.0 Å². The van der Waals surface area contributed by atoms with Crippen LogP contribution in [-0.4, -0.2) is 64.2 Å². The monoisotopic (exact) mass is 595 g/mol. The summed E-state index contributed by atoms with van der Waals surface area (Å²) < 4.78 is 38.2. The Morgan fingerprint density at radius 2 is 1.60 bits per heavy atom. The molecular weight excluding hydrogens is 554 g/mol. The number of nitrogens with zero attached hydrogens (tertiary/aromatic N) is 2. The van der Waals surface area contributed by atoms with Crippen LogP contribution in [0.3, 0.4) is 0 Å². The number of para-hydroxylation sites is 2. The van der Waals surface area contributed by atoms with Crippen LogP contribution in [0.2, 0.25) is 0 Å². The van der Waals surface area contributed by atoms with Gasteiger partial charge in [0.05, 0.1) is 25.7 Å². The molecule has 9 nitrogen and oxygen atoms in total. The fourth-order valence-corrected chi connectivity index (χ4v) is 5.33. The van der Waals surface area contributed by atoms with Crippen LogP contribution in [0.25, 0.3) is 0 Å². The molecule has 2 amide bonds. The Morgan fingerprint density at radius 3 is 2.24 bits per heavy atom. The number of hydrogen-bond donors (Lipinski definition) is 1. The molecule has 3 rings (SSSR count). The molecule has 10 heteroatoms. The van der Waals surface area contributed by atoms with Gasteiger partial charge in [0.1, 0.15) is 24.1 Å². The maximum absolute atomic E-state index is 14.2. The molecule has 0 unspecified atom stereocenters. The van der Waals surface area contributed by atoms with Crippen LogP contribution >= 0.6 is 0 Å². The van der Waals surface area contributed by atoms with Crippen molar-refractivity contribution in [1.29, 1.82) is 0 Å². The number of hydrogen-bond acceptors (Lipinski definition) is 6. The van der Waals surface area contributed by atoms with E-state index in [1.54, 1.807) is 50.4 Å². The average molecular weight is 596 g/mol. The largest absolute Gasteiger partial charge is 0.497 e. The molecule has 42 heavy (non-hydrogen) atoms. The summed E-state index contributed by atoms with van der Waals surface area (Å²) in [5, 5.41) is 2.98. The molecule has 0 aliphatic carbocycles. The fraction of sp³-hybridized carbons (Fsp3) is 0.375. The van der Waals surface area contributed by atoms with Crippen molar-refractivity contribution in [2.75, 3.05) is 37.4 Å². The number of methoxy groups -OCH3 is 1. The van der Waals surface area contributed by atoms with E-state index in [1.165, 1.54) is 4.90 Å². The van der Waals surface area contributed by atoms with Gasteiger partial charge in [0.25, 0.3) is 0 Å². The summed E-state index contributed by atoms with van der Waals surface area (Å²) >= 11 is 0. The minimum Gasteiger partial charge on any atom is -0.497 e. The van der Waals surface area contributed by atoms with Gasteiger partial charge in [-0.1, -0.05) is 68.4 Å². The van der Waals surface area contributed by atoms with E-state index in [1.807, 2.05) is 56.3 Å². The number of amides is 2. The summed E-state index contributed by atoms with van der Waals surface area (Å²) in [6.45, 7) is 6.08. The molecule has 0 saturated heterocycles. The third-order valence-electron chi connectivity index (χ3n) is 6.56. The zero-order valence-corrected chi connectivity index (χ0v) is 25.8. The number of rotatable bonds is 15. The zero-order valence-electron chi connectivity index (χ0n) is 24.9. The highest BCUT2D eigenvalue weighted by molar-refractivity contribution is 7.92. The van der Waals surface area contributed by atoms with Gasteiger partial charge in [-0.3, -0.25) is 13.9 Å². The van der Waals surface area contributed by atoms with Crippen molar-refractivity contribution >= 4 is 27.5 Å².